The van der Waals surface area contributed by atoms with Crippen LogP contribution in [0.15, 0.2) is 35.2 Å². The van der Waals surface area contributed by atoms with E-state index in [2.05, 4.69) is 15.6 Å². The predicted octanol–water partition coefficient (Wildman–Crippen LogP) is -0.211. The zero-order chi connectivity index (χ0) is 10.7. The molecule has 0 radical (unpaired) electrons. The van der Waals surface area contributed by atoms with Gasteiger partial charge < -0.3 is 0 Å². The Kier molecular flexibility index (Phi) is 3.01. The maximum Gasteiger partial charge on any atom is 0.241 e. The summed E-state index contributed by atoms with van der Waals surface area (Å²) in [5.74, 6) is 0. The van der Waals surface area contributed by atoms with Crippen LogP contribution >= 0.6 is 0 Å². The number of sulfonamides is 1. The number of hydrogen-bond acceptors (Lipinski definition) is 4. The second kappa shape index (κ2) is 4.28. The lowest BCUT2D eigenvalue weighted by molar-refractivity contribution is 0.507. The average Bonchev–Trinajstić information content (AvgIpc) is 2.71. The van der Waals surface area contributed by atoms with Gasteiger partial charge in [0.1, 0.15) is 0 Å². The normalized spacial score (nSPS) is 21.7. The van der Waals surface area contributed by atoms with Gasteiger partial charge in [-0.1, -0.05) is 18.2 Å². The molecule has 5 nitrogen and oxygen atoms in total. The minimum atomic E-state index is -3.40. The second-order valence-electron chi connectivity index (χ2n) is 3.35. The molecule has 15 heavy (non-hydrogen) atoms. The monoisotopic (exact) mass is 227 g/mol. The maximum absolute atomic E-state index is 11.8. The van der Waals surface area contributed by atoms with Gasteiger partial charge in [-0.25, -0.2) is 13.8 Å². The fraction of sp³-hybridized carbons (Fsp3) is 0.333. The van der Waals surface area contributed by atoms with Crippen LogP contribution in [0.2, 0.25) is 0 Å². The molecule has 3 N–H and O–H groups in total. The lowest BCUT2D eigenvalue weighted by Gasteiger charge is -2.12. The summed E-state index contributed by atoms with van der Waals surface area (Å²) in [6.07, 6.45) is 0.515. The Hall–Kier alpha value is -0.950. The van der Waals surface area contributed by atoms with Crippen molar-refractivity contribution in [2.75, 3.05) is 6.54 Å². The molecule has 0 spiro atoms. The van der Waals surface area contributed by atoms with E-state index in [-0.39, 0.29) is 6.17 Å². The Bertz CT molecular complexity index is 412. The van der Waals surface area contributed by atoms with Crippen molar-refractivity contribution in [3.8, 4) is 0 Å². The lowest BCUT2D eigenvalue weighted by Crippen LogP contribution is -2.43. The molecule has 6 heteroatoms. The van der Waals surface area contributed by atoms with Gasteiger partial charge in [-0.3, -0.25) is 5.43 Å². The molecule has 82 valence electrons. The van der Waals surface area contributed by atoms with Gasteiger partial charge in [0, 0.05) is 6.54 Å². The highest BCUT2D eigenvalue weighted by Gasteiger charge is 2.21. The molecule has 2 rings (SSSR count). The summed E-state index contributed by atoms with van der Waals surface area (Å²) >= 11 is 0. The molecule has 0 aromatic heterocycles. The topological polar surface area (TPSA) is 70.2 Å². The zero-order valence-corrected chi connectivity index (χ0v) is 8.92. The first-order chi connectivity index (χ1) is 7.18. The first-order valence-electron chi connectivity index (χ1n) is 4.74. The Morgan fingerprint density at radius 2 is 2.00 bits per heavy atom. The Balaban J connectivity index is 2.13. The van der Waals surface area contributed by atoms with Crippen LogP contribution in [0.4, 0.5) is 0 Å². The SMILES string of the molecule is O=S(=O)(NC1CCNN1)c1ccccc1. The predicted molar refractivity (Wildman–Crippen MR) is 56.3 cm³/mol. The smallest absolute Gasteiger partial charge is 0.241 e. The first-order valence-corrected chi connectivity index (χ1v) is 6.22. The lowest BCUT2D eigenvalue weighted by atomic mass is 10.4. The molecule has 0 saturated carbocycles. The van der Waals surface area contributed by atoms with Gasteiger partial charge in [0.25, 0.3) is 0 Å². The van der Waals surface area contributed by atoms with Crippen LogP contribution in [0.1, 0.15) is 6.42 Å². The average molecular weight is 227 g/mol. The van der Waals surface area contributed by atoms with Crippen LogP contribution in [0.25, 0.3) is 0 Å². The fourth-order valence-corrected chi connectivity index (χ4v) is 2.63. The molecule has 1 fully saturated rings. The van der Waals surface area contributed by atoms with Gasteiger partial charge in [0.2, 0.25) is 10.0 Å². The number of rotatable bonds is 3. The van der Waals surface area contributed by atoms with Gasteiger partial charge in [-0.05, 0) is 18.6 Å². The van der Waals surface area contributed by atoms with E-state index >= 15 is 0 Å². The summed E-state index contributed by atoms with van der Waals surface area (Å²) in [5.41, 5.74) is 5.71. The summed E-state index contributed by atoms with van der Waals surface area (Å²) in [5, 5.41) is 0. The molecule has 1 heterocycles. The van der Waals surface area contributed by atoms with Crippen LogP contribution in [0.3, 0.4) is 0 Å². The van der Waals surface area contributed by atoms with E-state index in [0.29, 0.717) is 4.90 Å². The van der Waals surface area contributed by atoms with Crippen LogP contribution in [0.5, 0.6) is 0 Å². The minimum Gasteiger partial charge on any atom is -0.256 e. The van der Waals surface area contributed by atoms with Gasteiger partial charge in [-0.2, -0.15) is 4.72 Å². The summed E-state index contributed by atoms with van der Waals surface area (Å²) in [7, 11) is -3.40. The highest BCUT2D eigenvalue weighted by molar-refractivity contribution is 7.89. The van der Waals surface area contributed by atoms with Crippen molar-refractivity contribution < 1.29 is 8.42 Å². The van der Waals surface area contributed by atoms with Crippen molar-refractivity contribution in [2.45, 2.75) is 17.5 Å². The molecule has 1 unspecified atom stereocenters. The second-order valence-corrected chi connectivity index (χ2v) is 5.06. The molecule has 1 aromatic carbocycles. The highest BCUT2D eigenvalue weighted by atomic mass is 32.2. The number of hydrogen-bond donors (Lipinski definition) is 3. The van der Waals surface area contributed by atoms with E-state index < -0.39 is 10.0 Å². The van der Waals surface area contributed by atoms with E-state index in [1.54, 1.807) is 30.3 Å². The van der Waals surface area contributed by atoms with Gasteiger partial charge in [-0.15, -0.1) is 0 Å². The van der Waals surface area contributed by atoms with E-state index in [1.807, 2.05) is 0 Å². The molecule has 1 atom stereocenters. The number of nitrogens with one attached hydrogen (secondary N) is 3. The van der Waals surface area contributed by atoms with Crippen molar-refractivity contribution >= 4 is 10.0 Å². The molecule has 1 aliphatic rings. The zero-order valence-electron chi connectivity index (χ0n) is 8.10. The fourth-order valence-electron chi connectivity index (χ4n) is 1.43. The largest absolute Gasteiger partial charge is 0.256 e. The highest BCUT2D eigenvalue weighted by Crippen LogP contribution is 2.08. The first kappa shape index (κ1) is 10.6. The van der Waals surface area contributed by atoms with Gasteiger partial charge in [0.15, 0.2) is 0 Å². The maximum atomic E-state index is 11.8. The van der Waals surface area contributed by atoms with E-state index in [4.69, 9.17) is 0 Å². The van der Waals surface area contributed by atoms with Crippen molar-refractivity contribution in [1.29, 1.82) is 0 Å². The Labute approximate surface area is 88.9 Å². The molecular formula is C9H13N3O2S. The van der Waals surface area contributed by atoms with Gasteiger partial charge >= 0.3 is 0 Å². The summed E-state index contributed by atoms with van der Waals surface area (Å²) in [6.45, 7) is 0.766. The van der Waals surface area contributed by atoms with Crippen molar-refractivity contribution in [3.05, 3.63) is 30.3 Å². The third-order valence-corrected chi connectivity index (χ3v) is 3.67. The van der Waals surface area contributed by atoms with Crippen molar-refractivity contribution in [1.82, 2.24) is 15.6 Å². The molecule has 1 aliphatic heterocycles. The summed E-state index contributed by atoms with van der Waals surface area (Å²) < 4.78 is 26.2. The van der Waals surface area contributed by atoms with Crippen molar-refractivity contribution in [3.63, 3.8) is 0 Å². The minimum absolute atomic E-state index is 0.227. The quantitative estimate of drug-likeness (QED) is 0.668. The molecule has 1 saturated heterocycles. The van der Waals surface area contributed by atoms with Crippen LogP contribution in [0, 0.1) is 0 Å². The Morgan fingerprint density at radius 3 is 2.60 bits per heavy atom. The van der Waals surface area contributed by atoms with Crippen LogP contribution in [-0.2, 0) is 10.0 Å². The molecular weight excluding hydrogens is 214 g/mol. The van der Waals surface area contributed by atoms with Crippen LogP contribution < -0.4 is 15.6 Å². The summed E-state index contributed by atoms with van der Waals surface area (Å²) in [4.78, 5) is 0.290. The molecule has 0 aliphatic carbocycles. The van der Waals surface area contributed by atoms with Crippen molar-refractivity contribution in [2.24, 2.45) is 0 Å². The molecule has 0 bridgehead atoms. The molecule has 1 aromatic rings. The van der Waals surface area contributed by atoms with Crippen LogP contribution in [-0.4, -0.2) is 21.1 Å². The standard InChI is InChI=1S/C9H13N3O2S/c13-15(14,8-4-2-1-3-5-8)12-9-6-7-10-11-9/h1-5,9-12H,6-7H2. The Morgan fingerprint density at radius 1 is 1.27 bits per heavy atom. The van der Waals surface area contributed by atoms with E-state index in [1.165, 1.54) is 0 Å². The number of benzene rings is 1. The summed E-state index contributed by atoms with van der Waals surface area (Å²) in [6, 6.07) is 8.34. The van der Waals surface area contributed by atoms with E-state index in [9.17, 15) is 8.42 Å². The number of hydrazine groups is 1. The third kappa shape index (κ3) is 2.54. The third-order valence-electron chi connectivity index (χ3n) is 2.19. The van der Waals surface area contributed by atoms with E-state index in [0.717, 1.165) is 13.0 Å². The molecule has 0 amide bonds. The van der Waals surface area contributed by atoms with Gasteiger partial charge in [0.05, 0.1) is 11.1 Å².